The summed E-state index contributed by atoms with van der Waals surface area (Å²) in [5.41, 5.74) is 17.9. The standard InChI is InChI=1S/C98H62N16/c1-60-52-74(53-61(2)100-60)79-58-86(114-83-56-72(97-109-91(66-36-20-8-21-37-66)103-92(110-97)67-38-22-9-23-39-67)46-50-77(83)78-51-47-73(57-84(78)114)98-111-93(68-40-24-10-25-41-68)104-94(112-98)69-42-26-11-27-43-69)80(99-3)59-85(79)113-81-54-70(95-105-87(62-28-12-4-13-29-62)101-88(106-95)63-30-14-5-15-31-63)44-48-75(81)76-49-45-71(55-82(76)113)96-107-89(64-32-16-6-17-33-64)102-90(108-96)65-34-18-7-19-35-65/h4-59H,1-2H3. The molecule has 20 aromatic rings. The SMILES string of the molecule is [C-]#[N+]c1cc(-n2c3cc(-c4nc(-c5ccccc5)nc(-c5ccccc5)n4)ccc3c3ccc(-c4nc(-c5ccccc5)nc(-c5ccccc5)n4)cc32)c(-c2cc(C)nc(C)c2)cc1-n1c2cc(-c3nc(-c4ccccc4)nc(-c4ccccc4)n3)ccc2c2ccc(-c3nc(-c4ccccc4)nc(-c4ccccc4)n3)cc21. The summed E-state index contributed by atoms with van der Waals surface area (Å²) >= 11 is 0. The van der Waals surface area contributed by atoms with E-state index in [-0.39, 0.29) is 0 Å². The second-order valence-electron chi connectivity index (χ2n) is 27.9. The van der Waals surface area contributed by atoms with E-state index in [1.54, 1.807) is 0 Å². The van der Waals surface area contributed by atoms with Crippen LogP contribution in [-0.4, -0.2) is 73.9 Å². The smallest absolute Gasteiger partial charge is 0.212 e. The number of nitrogens with zero attached hydrogens (tertiary/aromatic N) is 16. The Morgan fingerprint density at radius 2 is 0.412 bits per heavy atom. The molecule has 16 heteroatoms. The molecule has 20 rings (SSSR count). The van der Waals surface area contributed by atoms with Crippen LogP contribution < -0.4 is 0 Å². The van der Waals surface area contributed by atoms with Gasteiger partial charge in [-0.05, 0) is 67.9 Å². The molecular formula is C98H62N16. The Kier molecular flexibility index (Phi) is 16.9. The first-order chi connectivity index (χ1) is 56.2. The van der Waals surface area contributed by atoms with Crippen molar-refractivity contribution in [1.29, 1.82) is 0 Å². The molecule has 0 fully saturated rings. The van der Waals surface area contributed by atoms with Crippen LogP contribution in [0.1, 0.15) is 11.4 Å². The van der Waals surface area contributed by atoms with Crippen LogP contribution in [0.15, 0.2) is 340 Å². The van der Waals surface area contributed by atoms with Crippen molar-refractivity contribution in [3.8, 4) is 159 Å². The highest BCUT2D eigenvalue weighted by Crippen LogP contribution is 2.47. The van der Waals surface area contributed by atoms with E-state index in [1.807, 2.05) is 263 Å². The van der Waals surface area contributed by atoms with Crippen molar-refractivity contribution in [2.24, 2.45) is 0 Å². The zero-order valence-electron chi connectivity index (χ0n) is 61.5. The number of benzene rings is 13. The highest BCUT2D eigenvalue weighted by Gasteiger charge is 2.27. The van der Waals surface area contributed by atoms with Gasteiger partial charge >= 0.3 is 0 Å². The minimum absolute atomic E-state index is 0.346. The molecule has 0 atom stereocenters. The maximum absolute atomic E-state index is 9.72. The molecule has 13 aromatic carbocycles. The molecule has 0 aliphatic rings. The van der Waals surface area contributed by atoms with Gasteiger partial charge < -0.3 is 9.13 Å². The van der Waals surface area contributed by atoms with Gasteiger partial charge in [0.2, 0.25) is 5.69 Å². The zero-order chi connectivity index (χ0) is 76.2. The van der Waals surface area contributed by atoms with E-state index in [0.717, 1.165) is 133 Å². The summed E-state index contributed by atoms with van der Waals surface area (Å²) in [4.78, 5) is 72.2. The number of hydrogen-bond acceptors (Lipinski definition) is 13. The minimum Gasteiger partial charge on any atom is -0.319 e. The molecule has 0 amide bonds. The molecular weight excluding hydrogens is 1400 g/mol. The maximum atomic E-state index is 9.72. The second-order valence-corrected chi connectivity index (χ2v) is 27.9. The van der Waals surface area contributed by atoms with Crippen LogP contribution in [0.3, 0.4) is 0 Å². The highest BCUT2D eigenvalue weighted by atomic mass is 15.1. The van der Waals surface area contributed by atoms with Gasteiger partial charge in [0.15, 0.2) is 69.9 Å². The molecule has 16 nitrogen and oxygen atoms in total. The Bertz CT molecular complexity index is 6540. The average Bonchev–Trinajstić information content (AvgIpc) is 1.57. The summed E-state index contributed by atoms with van der Waals surface area (Å²) in [5.74, 6) is 6.13. The van der Waals surface area contributed by atoms with Gasteiger partial charge in [-0.15, -0.1) is 0 Å². The molecule has 7 heterocycles. The molecule has 0 aliphatic carbocycles. The number of rotatable bonds is 15. The molecule has 0 saturated heterocycles. The van der Waals surface area contributed by atoms with Gasteiger partial charge in [-0.1, -0.05) is 291 Å². The van der Waals surface area contributed by atoms with Crippen molar-refractivity contribution >= 4 is 49.3 Å². The summed E-state index contributed by atoms with van der Waals surface area (Å²) in [5, 5.41) is 3.70. The molecule has 0 radical (unpaired) electrons. The largest absolute Gasteiger partial charge is 0.319 e. The number of aryl methyl sites for hydroxylation is 2. The van der Waals surface area contributed by atoms with Gasteiger partial charge in [-0.2, -0.15) is 0 Å². The summed E-state index contributed by atoms with van der Waals surface area (Å²) < 4.78 is 4.49. The summed E-state index contributed by atoms with van der Waals surface area (Å²) in [6, 6.07) is 114. The van der Waals surface area contributed by atoms with Crippen LogP contribution in [0.4, 0.5) is 5.69 Å². The predicted octanol–water partition coefficient (Wildman–Crippen LogP) is 22.9. The van der Waals surface area contributed by atoms with Crippen LogP contribution in [-0.2, 0) is 0 Å². The lowest BCUT2D eigenvalue weighted by molar-refractivity contribution is 1.07. The van der Waals surface area contributed by atoms with E-state index in [9.17, 15) is 6.57 Å². The Hall–Kier alpha value is -15.9. The van der Waals surface area contributed by atoms with Crippen LogP contribution in [0.2, 0.25) is 0 Å². The van der Waals surface area contributed by atoms with Gasteiger partial charge in [-0.25, -0.2) is 64.7 Å². The lowest BCUT2D eigenvalue weighted by atomic mass is 10.00. The fraction of sp³-hybridized carbons (Fsp3) is 0.0204. The molecule has 0 aliphatic heterocycles. The van der Waals surface area contributed by atoms with Gasteiger partial charge in [0.25, 0.3) is 0 Å². The minimum atomic E-state index is 0.346. The Morgan fingerprint density at radius 1 is 0.202 bits per heavy atom. The Balaban J connectivity index is 0.875. The lowest BCUT2D eigenvalue weighted by Crippen LogP contribution is -2.04. The van der Waals surface area contributed by atoms with Gasteiger partial charge in [0, 0.05) is 111 Å². The van der Waals surface area contributed by atoms with Crippen LogP contribution in [0.5, 0.6) is 0 Å². The Labute approximate surface area is 654 Å². The summed E-state index contributed by atoms with van der Waals surface area (Å²) in [7, 11) is 0. The lowest BCUT2D eigenvalue weighted by Gasteiger charge is -2.20. The van der Waals surface area contributed by atoms with Crippen LogP contribution >= 0.6 is 0 Å². The van der Waals surface area contributed by atoms with E-state index in [1.165, 1.54) is 0 Å². The molecule has 114 heavy (non-hydrogen) atoms. The fourth-order valence-electron chi connectivity index (χ4n) is 15.1. The molecule has 0 saturated carbocycles. The van der Waals surface area contributed by atoms with Crippen molar-refractivity contribution in [2.45, 2.75) is 13.8 Å². The maximum Gasteiger partial charge on any atom is 0.212 e. The molecule has 0 N–H and O–H groups in total. The van der Waals surface area contributed by atoms with E-state index < -0.39 is 0 Å². The van der Waals surface area contributed by atoms with E-state index in [4.69, 9.17) is 64.8 Å². The fourth-order valence-corrected chi connectivity index (χ4v) is 15.1. The van der Waals surface area contributed by atoms with Gasteiger partial charge in [0.05, 0.1) is 34.3 Å². The average molecular weight is 1460 g/mol. The van der Waals surface area contributed by atoms with Crippen molar-refractivity contribution in [3.05, 3.63) is 363 Å². The number of aromatic nitrogens is 15. The highest BCUT2D eigenvalue weighted by molar-refractivity contribution is 6.14. The van der Waals surface area contributed by atoms with Crippen molar-refractivity contribution in [2.75, 3.05) is 0 Å². The third-order valence-corrected chi connectivity index (χ3v) is 20.5. The van der Waals surface area contributed by atoms with Gasteiger partial charge in [0.1, 0.15) is 0 Å². The first-order valence-electron chi connectivity index (χ1n) is 37.4. The number of fused-ring (bicyclic) bond motifs is 6. The van der Waals surface area contributed by atoms with Crippen LogP contribution in [0, 0.1) is 20.4 Å². The third kappa shape index (κ3) is 12.7. The van der Waals surface area contributed by atoms with Crippen molar-refractivity contribution in [3.63, 3.8) is 0 Å². The topological polar surface area (TPSA) is 182 Å². The predicted molar refractivity (Wildman–Crippen MR) is 453 cm³/mol. The quantitative estimate of drug-likeness (QED) is 0.0885. The van der Waals surface area contributed by atoms with E-state index >= 15 is 0 Å². The molecule has 0 bridgehead atoms. The normalized spacial score (nSPS) is 11.4. The first kappa shape index (κ1) is 67.5. The third-order valence-electron chi connectivity index (χ3n) is 20.5. The molecule has 534 valence electrons. The first-order valence-corrected chi connectivity index (χ1v) is 37.4. The van der Waals surface area contributed by atoms with Crippen molar-refractivity contribution in [1.82, 2.24) is 73.9 Å². The molecule has 0 spiro atoms. The van der Waals surface area contributed by atoms with Gasteiger partial charge in [-0.3, -0.25) is 4.98 Å². The zero-order valence-corrected chi connectivity index (χ0v) is 61.5. The Morgan fingerprint density at radius 3 is 0.632 bits per heavy atom. The molecule has 0 unspecified atom stereocenters. The van der Waals surface area contributed by atoms with E-state index in [2.05, 4.69) is 105 Å². The van der Waals surface area contributed by atoms with Crippen molar-refractivity contribution < 1.29 is 0 Å². The monoisotopic (exact) mass is 1460 g/mol. The number of hydrogen-bond donors (Lipinski definition) is 0. The summed E-state index contributed by atoms with van der Waals surface area (Å²) in [6.45, 7) is 13.8. The van der Waals surface area contributed by atoms with Crippen LogP contribution in [0.25, 0.3) is 208 Å². The molecule has 7 aromatic heterocycles. The second kappa shape index (κ2) is 28.6. The number of pyridine rings is 1. The summed E-state index contributed by atoms with van der Waals surface area (Å²) in [6.07, 6.45) is 0. The van der Waals surface area contributed by atoms with E-state index in [0.29, 0.717) is 87.0 Å².